The third-order valence-electron chi connectivity index (χ3n) is 2.25. The molecule has 0 unspecified atom stereocenters. The Morgan fingerprint density at radius 1 is 1.44 bits per heavy atom. The molecule has 0 aliphatic heterocycles. The van der Waals surface area contributed by atoms with Crippen LogP contribution in [0.5, 0.6) is 0 Å². The van der Waals surface area contributed by atoms with Crippen LogP contribution in [0.15, 0.2) is 22.7 Å². The lowest BCUT2D eigenvalue weighted by molar-refractivity contribution is 0.217. The van der Waals surface area contributed by atoms with Gasteiger partial charge in [-0.1, -0.05) is 6.07 Å². The van der Waals surface area contributed by atoms with Gasteiger partial charge < -0.3 is 10.2 Å². The van der Waals surface area contributed by atoms with E-state index < -0.39 is 5.82 Å². The van der Waals surface area contributed by atoms with Crippen molar-refractivity contribution in [3.05, 3.63) is 28.5 Å². The number of nitrogens with one attached hydrogen (secondary N) is 1. The molecule has 0 spiro atoms. The fraction of sp³-hybridized carbons (Fsp3) is 0.364. The summed E-state index contributed by atoms with van der Waals surface area (Å²) in [4.78, 5) is 13.3. The zero-order chi connectivity index (χ0) is 12.1. The molecule has 0 heterocycles. The van der Waals surface area contributed by atoms with Gasteiger partial charge in [0.05, 0.1) is 5.69 Å². The van der Waals surface area contributed by atoms with Gasteiger partial charge >= 0.3 is 6.03 Å². The average molecular weight is 289 g/mol. The number of hydrogen-bond donors (Lipinski definition) is 1. The van der Waals surface area contributed by atoms with E-state index in [2.05, 4.69) is 21.2 Å². The molecule has 0 saturated heterocycles. The van der Waals surface area contributed by atoms with Crippen molar-refractivity contribution < 1.29 is 9.18 Å². The van der Waals surface area contributed by atoms with Crippen LogP contribution in [0.1, 0.15) is 13.8 Å². The standard InChI is InChI=1S/C11H14BrFN2O/c1-3-15(4-2)11(16)14-10-8(12)6-5-7-9(10)13/h5-7H,3-4H2,1-2H3,(H,14,16). The molecule has 3 nitrogen and oxygen atoms in total. The normalized spacial score (nSPS) is 10.0. The van der Waals surface area contributed by atoms with Gasteiger partial charge in [0.1, 0.15) is 5.82 Å². The molecule has 0 saturated carbocycles. The largest absolute Gasteiger partial charge is 0.325 e. The van der Waals surface area contributed by atoms with Gasteiger partial charge in [-0.15, -0.1) is 0 Å². The Balaban J connectivity index is 2.84. The molecule has 1 N–H and O–H groups in total. The predicted molar refractivity (Wildman–Crippen MR) is 66.0 cm³/mol. The first-order chi connectivity index (χ1) is 7.60. The van der Waals surface area contributed by atoms with Crippen molar-refractivity contribution in [1.82, 2.24) is 4.90 Å². The van der Waals surface area contributed by atoms with E-state index in [1.165, 1.54) is 6.07 Å². The van der Waals surface area contributed by atoms with Crippen LogP contribution in [0, 0.1) is 5.82 Å². The number of nitrogens with zero attached hydrogens (tertiary/aromatic N) is 1. The average Bonchev–Trinajstić information content (AvgIpc) is 2.25. The number of amides is 2. The van der Waals surface area contributed by atoms with Crippen LogP contribution < -0.4 is 5.32 Å². The topological polar surface area (TPSA) is 32.3 Å². The monoisotopic (exact) mass is 288 g/mol. The molecule has 2 amide bonds. The number of anilines is 1. The van der Waals surface area contributed by atoms with Gasteiger partial charge in [-0.2, -0.15) is 0 Å². The first-order valence-corrected chi connectivity index (χ1v) is 5.89. The van der Waals surface area contributed by atoms with Gasteiger partial charge in [-0.25, -0.2) is 9.18 Å². The lowest BCUT2D eigenvalue weighted by Gasteiger charge is -2.19. The van der Waals surface area contributed by atoms with Crippen molar-refractivity contribution in [3.63, 3.8) is 0 Å². The van der Waals surface area contributed by atoms with Crippen molar-refractivity contribution in [2.24, 2.45) is 0 Å². The summed E-state index contributed by atoms with van der Waals surface area (Å²) < 4.78 is 14.0. The predicted octanol–water partition coefficient (Wildman–Crippen LogP) is 3.46. The van der Waals surface area contributed by atoms with Crippen molar-refractivity contribution in [2.45, 2.75) is 13.8 Å². The van der Waals surface area contributed by atoms with Crippen LogP contribution >= 0.6 is 15.9 Å². The molecule has 88 valence electrons. The van der Waals surface area contributed by atoms with E-state index >= 15 is 0 Å². The third-order valence-corrected chi connectivity index (χ3v) is 2.91. The molecule has 5 heteroatoms. The van der Waals surface area contributed by atoms with Gasteiger partial charge in [-0.3, -0.25) is 0 Å². The smallest absolute Gasteiger partial charge is 0.321 e. The van der Waals surface area contributed by atoms with E-state index in [4.69, 9.17) is 0 Å². The minimum absolute atomic E-state index is 0.180. The van der Waals surface area contributed by atoms with Gasteiger partial charge in [-0.05, 0) is 41.9 Å². The molecule has 1 rings (SSSR count). The minimum Gasteiger partial charge on any atom is -0.325 e. The summed E-state index contributed by atoms with van der Waals surface area (Å²) in [6.45, 7) is 4.93. The maximum absolute atomic E-state index is 13.4. The summed E-state index contributed by atoms with van der Waals surface area (Å²) in [6, 6.07) is 4.27. The second-order valence-electron chi connectivity index (χ2n) is 3.20. The van der Waals surface area contributed by atoms with Crippen LogP contribution in [0.4, 0.5) is 14.9 Å². The Morgan fingerprint density at radius 2 is 2.06 bits per heavy atom. The lowest BCUT2D eigenvalue weighted by atomic mass is 10.3. The number of urea groups is 1. The van der Waals surface area contributed by atoms with Gasteiger partial charge in [0.2, 0.25) is 0 Å². The van der Waals surface area contributed by atoms with E-state index in [0.717, 1.165) is 0 Å². The maximum atomic E-state index is 13.4. The first-order valence-electron chi connectivity index (χ1n) is 5.10. The van der Waals surface area contributed by atoms with Gasteiger partial charge in [0.15, 0.2) is 0 Å². The molecule has 16 heavy (non-hydrogen) atoms. The van der Waals surface area contributed by atoms with Crippen molar-refractivity contribution in [1.29, 1.82) is 0 Å². The second kappa shape index (κ2) is 5.84. The number of carbonyl (C=O) groups excluding carboxylic acids is 1. The quantitative estimate of drug-likeness (QED) is 0.908. The molecule has 0 atom stereocenters. The number of halogens is 2. The van der Waals surface area contributed by atoms with E-state index in [1.54, 1.807) is 17.0 Å². The number of para-hydroxylation sites is 1. The highest BCUT2D eigenvalue weighted by Gasteiger charge is 2.13. The first kappa shape index (κ1) is 13.0. The molecular weight excluding hydrogens is 275 g/mol. The molecule has 0 aromatic heterocycles. The fourth-order valence-electron chi connectivity index (χ4n) is 1.31. The summed E-state index contributed by atoms with van der Waals surface area (Å²) in [7, 11) is 0. The van der Waals surface area contributed by atoms with E-state index in [-0.39, 0.29) is 11.7 Å². The summed E-state index contributed by atoms with van der Waals surface area (Å²) >= 11 is 3.20. The molecule has 0 bridgehead atoms. The molecule has 1 aromatic rings. The van der Waals surface area contributed by atoms with Crippen molar-refractivity contribution in [3.8, 4) is 0 Å². The number of benzene rings is 1. The van der Waals surface area contributed by atoms with Gasteiger partial charge in [0.25, 0.3) is 0 Å². The third kappa shape index (κ3) is 2.95. The van der Waals surface area contributed by atoms with Gasteiger partial charge in [0, 0.05) is 17.6 Å². The van der Waals surface area contributed by atoms with Crippen LogP contribution in [0.25, 0.3) is 0 Å². The van der Waals surface area contributed by atoms with Crippen LogP contribution in [-0.4, -0.2) is 24.0 Å². The Hall–Kier alpha value is -1.10. The summed E-state index contributed by atoms with van der Waals surface area (Å²) in [5, 5.41) is 2.55. The Kier molecular flexibility index (Phi) is 4.73. The zero-order valence-corrected chi connectivity index (χ0v) is 10.8. The number of rotatable bonds is 3. The zero-order valence-electron chi connectivity index (χ0n) is 9.26. The molecule has 1 aromatic carbocycles. The number of carbonyl (C=O) groups is 1. The summed E-state index contributed by atoms with van der Waals surface area (Å²) in [6.07, 6.45) is 0. The molecule has 0 aliphatic rings. The second-order valence-corrected chi connectivity index (χ2v) is 4.05. The molecular formula is C11H14BrFN2O. The molecule has 0 aliphatic carbocycles. The van der Waals surface area contributed by atoms with Crippen LogP contribution in [-0.2, 0) is 0 Å². The van der Waals surface area contributed by atoms with E-state index in [1.807, 2.05) is 13.8 Å². The number of hydrogen-bond acceptors (Lipinski definition) is 1. The molecule has 0 fully saturated rings. The lowest BCUT2D eigenvalue weighted by Crippen LogP contribution is -2.34. The van der Waals surface area contributed by atoms with Crippen LogP contribution in [0.2, 0.25) is 0 Å². The van der Waals surface area contributed by atoms with Crippen molar-refractivity contribution >= 4 is 27.6 Å². The Labute approximate surface area is 103 Å². The van der Waals surface area contributed by atoms with E-state index in [0.29, 0.717) is 17.6 Å². The summed E-state index contributed by atoms with van der Waals surface area (Å²) in [5.74, 6) is -0.449. The van der Waals surface area contributed by atoms with Crippen molar-refractivity contribution in [2.75, 3.05) is 18.4 Å². The minimum atomic E-state index is -0.449. The highest BCUT2D eigenvalue weighted by atomic mass is 79.9. The highest BCUT2D eigenvalue weighted by Crippen LogP contribution is 2.25. The SMILES string of the molecule is CCN(CC)C(=O)Nc1c(F)cccc1Br. The Bertz CT molecular complexity index is 360. The van der Waals surface area contributed by atoms with E-state index in [9.17, 15) is 9.18 Å². The maximum Gasteiger partial charge on any atom is 0.321 e. The van der Waals surface area contributed by atoms with Crippen LogP contribution in [0.3, 0.4) is 0 Å². The summed E-state index contributed by atoms with van der Waals surface area (Å²) in [5.41, 5.74) is 0.180. The fourth-order valence-corrected chi connectivity index (χ4v) is 1.76. The Morgan fingerprint density at radius 3 is 2.56 bits per heavy atom. The highest BCUT2D eigenvalue weighted by molar-refractivity contribution is 9.10. The molecule has 0 radical (unpaired) electrons.